The molecular formula is C18H13N2O7S2-. The molecule has 2 aromatic carbocycles. The van der Waals surface area contributed by atoms with Gasteiger partial charge in [0.2, 0.25) is 0 Å². The number of carboxylic acid groups (broad SMARTS) is 2. The Bertz CT molecular complexity index is 1140. The van der Waals surface area contributed by atoms with Crippen molar-refractivity contribution in [2.45, 2.75) is 6.54 Å². The van der Waals surface area contributed by atoms with Crippen molar-refractivity contribution in [2.75, 3.05) is 9.62 Å². The fraction of sp³-hybridized carbons (Fsp3) is 0.0556. The maximum Gasteiger partial charge on any atom is 0.394 e. The molecule has 1 atom stereocenters. The molecule has 1 heterocycles. The van der Waals surface area contributed by atoms with E-state index in [2.05, 4.69) is 0 Å². The summed E-state index contributed by atoms with van der Waals surface area (Å²) in [7, 11) is 0. The van der Waals surface area contributed by atoms with Crippen LogP contribution in [-0.4, -0.2) is 36.8 Å². The van der Waals surface area contributed by atoms with E-state index < -0.39 is 29.1 Å². The Morgan fingerprint density at radius 2 is 1.79 bits per heavy atom. The summed E-state index contributed by atoms with van der Waals surface area (Å²) in [6.07, 6.45) is 0. The smallest absolute Gasteiger partial charge is 0.394 e. The second-order valence-electron chi connectivity index (χ2n) is 5.77. The zero-order valence-electron chi connectivity index (χ0n) is 14.5. The van der Waals surface area contributed by atoms with Gasteiger partial charge in [-0.1, -0.05) is 36.4 Å². The fourth-order valence-electron chi connectivity index (χ4n) is 2.71. The highest BCUT2D eigenvalue weighted by Crippen LogP contribution is 2.33. The van der Waals surface area contributed by atoms with E-state index in [1.807, 2.05) is 23.5 Å². The Morgan fingerprint density at radius 1 is 1.10 bits per heavy atom. The minimum Gasteiger partial charge on any atom is -0.755 e. The maximum atomic E-state index is 11.9. The summed E-state index contributed by atoms with van der Waals surface area (Å²) in [5, 5.41) is 21.3. The van der Waals surface area contributed by atoms with Crippen LogP contribution in [0.1, 0.15) is 15.2 Å². The van der Waals surface area contributed by atoms with Gasteiger partial charge in [-0.05, 0) is 17.5 Å². The Kier molecular flexibility index (Phi) is 5.92. The second kappa shape index (κ2) is 8.39. The van der Waals surface area contributed by atoms with Crippen LogP contribution in [0.2, 0.25) is 0 Å². The first kappa shape index (κ1) is 20.5. The summed E-state index contributed by atoms with van der Waals surface area (Å²) in [6, 6.07) is 13.5. The number of hydrogen-bond donors (Lipinski definition) is 3. The van der Waals surface area contributed by atoms with Crippen molar-refractivity contribution in [3.05, 3.63) is 59.0 Å². The quantitative estimate of drug-likeness (QED) is 0.399. The standard InChI is InChI=1S/C18H14N2O7S2/c21-15(18(24)25)19-16-13(17(22)23)8-11(28-16)9-20(29(26)27)14-7-3-5-10-4-1-2-6-12(10)14/h1-8H,9H2,(H,19,21)(H,22,23)(H,24,25)(H,26,27)/p-1. The number of carboxylic acids is 2. The third-order valence-electron chi connectivity index (χ3n) is 3.95. The van der Waals surface area contributed by atoms with Crippen LogP contribution in [-0.2, 0) is 27.4 Å². The Balaban J connectivity index is 1.99. The molecule has 3 aromatic rings. The monoisotopic (exact) mass is 433 g/mol. The molecule has 0 saturated carbocycles. The maximum absolute atomic E-state index is 11.9. The number of carbonyl (C=O) groups excluding carboxylic acids is 1. The van der Waals surface area contributed by atoms with Crippen LogP contribution in [0.5, 0.6) is 0 Å². The van der Waals surface area contributed by atoms with Gasteiger partial charge in [-0.2, -0.15) is 0 Å². The van der Waals surface area contributed by atoms with E-state index in [1.54, 1.807) is 24.3 Å². The Morgan fingerprint density at radius 3 is 2.45 bits per heavy atom. The van der Waals surface area contributed by atoms with E-state index in [0.717, 1.165) is 21.0 Å². The van der Waals surface area contributed by atoms with Crippen molar-refractivity contribution in [1.29, 1.82) is 0 Å². The number of aliphatic carboxylic acids is 1. The molecular weight excluding hydrogens is 420 g/mol. The molecule has 3 rings (SSSR count). The first-order valence-corrected chi connectivity index (χ1v) is 9.87. The van der Waals surface area contributed by atoms with Gasteiger partial charge in [-0.15, -0.1) is 11.3 Å². The molecule has 0 bridgehead atoms. The molecule has 1 amide bonds. The number of hydrogen-bond acceptors (Lipinski definition) is 6. The summed E-state index contributed by atoms with van der Waals surface area (Å²) in [4.78, 5) is 33.8. The number of rotatable bonds is 6. The van der Waals surface area contributed by atoms with Gasteiger partial charge in [0.05, 0.1) is 17.8 Å². The summed E-state index contributed by atoms with van der Waals surface area (Å²) in [6.45, 7) is -0.196. The SMILES string of the molecule is O=C(O)C(=O)Nc1sc(CN(c2cccc3ccccc23)S(=O)[O-])cc1C(=O)O. The van der Waals surface area contributed by atoms with E-state index in [9.17, 15) is 28.3 Å². The van der Waals surface area contributed by atoms with E-state index in [1.165, 1.54) is 6.07 Å². The lowest BCUT2D eigenvalue weighted by Gasteiger charge is -2.27. The molecule has 9 nitrogen and oxygen atoms in total. The van der Waals surface area contributed by atoms with Crippen molar-refractivity contribution >= 4 is 61.9 Å². The molecule has 0 radical (unpaired) electrons. The molecule has 3 N–H and O–H groups in total. The molecule has 1 aromatic heterocycles. The van der Waals surface area contributed by atoms with E-state index in [-0.39, 0.29) is 17.1 Å². The molecule has 0 spiro atoms. The number of fused-ring (bicyclic) bond motifs is 1. The average molecular weight is 433 g/mol. The molecule has 0 saturated heterocycles. The third-order valence-corrected chi connectivity index (χ3v) is 5.67. The van der Waals surface area contributed by atoms with E-state index >= 15 is 0 Å². The number of amides is 1. The number of nitrogens with zero attached hydrogens (tertiary/aromatic N) is 1. The summed E-state index contributed by atoms with van der Waals surface area (Å²) >= 11 is -1.89. The summed E-state index contributed by atoms with van der Waals surface area (Å²) < 4.78 is 24.9. The lowest BCUT2D eigenvalue weighted by molar-refractivity contribution is -0.147. The zero-order valence-corrected chi connectivity index (χ0v) is 16.2. The number of benzene rings is 2. The second-order valence-corrected chi connectivity index (χ2v) is 7.78. The highest BCUT2D eigenvalue weighted by Gasteiger charge is 2.22. The van der Waals surface area contributed by atoms with Crippen molar-refractivity contribution in [3.8, 4) is 0 Å². The van der Waals surface area contributed by atoms with Crippen molar-refractivity contribution in [3.63, 3.8) is 0 Å². The zero-order chi connectivity index (χ0) is 21.1. The van der Waals surface area contributed by atoms with E-state index in [4.69, 9.17) is 5.11 Å². The minimum atomic E-state index is -2.68. The van der Waals surface area contributed by atoms with Gasteiger partial charge < -0.3 is 20.1 Å². The Hall–Kier alpha value is -3.28. The van der Waals surface area contributed by atoms with Crippen LogP contribution in [0.15, 0.2) is 48.5 Å². The van der Waals surface area contributed by atoms with Gasteiger partial charge in [-0.3, -0.25) is 13.3 Å². The fourth-order valence-corrected chi connectivity index (χ4v) is 4.39. The third kappa shape index (κ3) is 4.42. The topological polar surface area (TPSA) is 147 Å². The number of anilines is 2. The van der Waals surface area contributed by atoms with Gasteiger partial charge in [-0.25, -0.2) is 9.59 Å². The normalized spacial score (nSPS) is 11.8. The number of aromatic carboxylic acids is 1. The highest BCUT2D eigenvalue weighted by molar-refractivity contribution is 7.80. The molecule has 150 valence electrons. The molecule has 29 heavy (non-hydrogen) atoms. The lowest BCUT2D eigenvalue weighted by Crippen LogP contribution is -2.24. The van der Waals surface area contributed by atoms with Crippen molar-refractivity contribution in [1.82, 2.24) is 0 Å². The number of nitrogens with one attached hydrogen (secondary N) is 1. The number of thiophene rings is 1. The van der Waals surface area contributed by atoms with Crippen LogP contribution in [0.3, 0.4) is 0 Å². The molecule has 0 fully saturated rings. The molecule has 0 aliphatic rings. The van der Waals surface area contributed by atoms with Crippen molar-refractivity contribution < 1.29 is 33.4 Å². The predicted octanol–water partition coefficient (Wildman–Crippen LogP) is 2.42. The van der Waals surface area contributed by atoms with Crippen LogP contribution in [0, 0.1) is 0 Å². The van der Waals surface area contributed by atoms with Gasteiger partial charge in [0, 0.05) is 21.5 Å². The molecule has 1 unspecified atom stereocenters. The molecule has 11 heteroatoms. The van der Waals surface area contributed by atoms with E-state index in [0.29, 0.717) is 16.0 Å². The minimum absolute atomic E-state index is 0.186. The first-order valence-electron chi connectivity index (χ1n) is 8.03. The average Bonchev–Trinajstić information content (AvgIpc) is 3.08. The van der Waals surface area contributed by atoms with Crippen LogP contribution in [0.4, 0.5) is 10.7 Å². The van der Waals surface area contributed by atoms with Crippen LogP contribution >= 0.6 is 11.3 Å². The predicted molar refractivity (Wildman–Crippen MR) is 107 cm³/mol. The first-order chi connectivity index (χ1) is 13.8. The summed E-state index contributed by atoms with van der Waals surface area (Å²) in [5.74, 6) is -4.54. The molecule has 0 aliphatic carbocycles. The lowest BCUT2D eigenvalue weighted by atomic mass is 10.1. The summed E-state index contributed by atoms with van der Waals surface area (Å²) in [5.41, 5.74) is 0.0759. The molecule has 0 aliphatic heterocycles. The van der Waals surface area contributed by atoms with Gasteiger partial charge >= 0.3 is 17.8 Å². The van der Waals surface area contributed by atoms with Gasteiger partial charge in [0.25, 0.3) is 0 Å². The van der Waals surface area contributed by atoms with Crippen LogP contribution in [0.25, 0.3) is 10.8 Å². The van der Waals surface area contributed by atoms with Crippen molar-refractivity contribution in [2.24, 2.45) is 0 Å². The van der Waals surface area contributed by atoms with Gasteiger partial charge in [0.15, 0.2) is 0 Å². The number of carbonyl (C=O) groups is 3. The Labute approximate surface area is 170 Å². The van der Waals surface area contributed by atoms with Gasteiger partial charge in [0.1, 0.15) is 5.00 Å². The largest absolute Gasteiger partial charge is 0.755 e. The van der Waals surface area contributed by atoms with Crippen LogP contribution < -0.4 is 9.62 Å². The highest BCUT2D eigenvalue weighted by atomic mass is 32.2.